The van der Waals surface area contributed by atoms with Gasteiger partial charge in [0.15, 0.2) is 0 Å². The van der Waals surface area contributed by atoms with Gasteiger partial charge in [0.05, 0.1) is 6.54 Å². The lowest BCUT2D eigenvalue weighted by molar-refractivity contribution is -0.120. The number of nitrogens with two attached hydrogens (primary N) is 1. The number of likely N-dealkylation sites (N-methyl/N-ethyl adjacent to an activating group) is 1. The Morgan fingerprint density at radius 2 is 2.36 bits per heavy atom. The molecule has 0 aromatic rings. The summed E-state index contributed by atoms with van der Waals surface area (Å²) in [6.45, 7) is 4.52. The molecule has 0 aromatic heterocycles. The Morgan fingerprint density at radius 1 is 1.64 bits per heavy atom. The maximum Gasteiger partial charge on any atom is 0.231 e. The van der Waals surface area contributed by atoms with Crippen LogP contribution in [0.15, 0.2) is 0 Å². The normalized spacial score (nSPS) is 28.1. The lowest BCUT2D eigenvalue weighted by atomic mass is 9.92. The Kier molecular flexibility index (Phi) is 3.89. The quantitative estimate of drug-likeness (QED) is 0.652. The van der Waals surface area contributed by atoms with Crippen LogP contribution in [0.4, 0.5) is 0 Å². The molecule has 14 heavy (non-hydrogen) atoms. The summed E-state index contributed by atoms with van der Waals surface area (Å²) in [7, 11) is 1.96. The second-order valence-electron chi connectivity index (χ2n) is 4.10. The molecular weight excluding hydrogens is 178 g/mol. The first kappa shape index (κ1) is 11.5. The van der Waals surface area contributed by atoms with Gasteiger partial charge in [-0.25, -0.2) is 0 Å². The van der Waals surface area contributed by atoms with Gasteiger partial charge in [0, 0.05) is 12.1 Å². The molecule has 1 aliphatic rings. The lowest BCUT2D eigenvalue weighted by Gasteiger charge is -2.37. The van der Waals surface area contributed by atoms with E-state index in [9.17, 15) is 4.79 Å². The number of hydrogen-bond acceptors (Lipinski definition) is 3. The predicted molar refractivity (Wildman–Crippen MR) is 57.0 cm³/mol. The van der Waals surface area contributed by atoms with Crippen LogP contribution in [0.25, 0.3) is 0 Å². The SMILES string of the molecule is CCC1(CNC)CCCN1CC(N)=O. The predicted octanol–water partition coefficient (Wildman–Crippen LogP) is -0.0643. The van der Waals surface area contributed by atoms with E-state index in [2.05, 4.69) is 17.1 Å². The molecular formula is C10H21N3O. The number of carbonyl (C=O) groups is 1. The molecule has 1 heterocycles. The van der Waals surface area contributed by atoms with Crippen LogP contribution in [0.3, 0.4) is 0 Å². The molecule has 1 atom stereocenters. The summed E-state index contributed by atoms with van der Waals surface area (Å²) >= 11 is 0. The standard InChI is InChI=1S/C10H21N3O/c1-3-10(8-12-2)5-4-6-13(10)7-9(11)14/h12H,3-8H2,1-2H3,(H2,11,14). The summed E-state index contributed by atoms with van der Waals surface area (Å²) in [4.78, 5) is 13.2. The van der Waals surface area contributed by atoms with Gasteiger partial charge in [-0.1, -0.05) is 6.92 Å². The summed E-state index contributed by atoms with van der Waals surface area (Å²) in [6.07, 6.45) is 3.40. The van der Waals surface area contributed by atoms with Crippen molar-refractivity contribution in [1.82, 2.24) is 10.2 Å². The number of hydrogen-bond donors (Lipinski definition) is 2. The van der Waals surface area contributed by atoms with Crippen LogP contribution in [0, 0.1) is 0 Å². The third kappa shape index (κ3) is 2.25. The highest BCUT2D eigenvalue weighted by molar-refractivity contribution is 5.76. The first-order valence-electron chi connectivity index (χ1n) is 5.32. The number of likely N-dealkylation sites (tertiary alicyclic amines) is 1. The average molecular weight is 199 g/mol. The molecule has 4 heteroatoms. The van der Waals surface area contributed by atoms with E-state index in [1.54, 1.807) is 0 Å². The largest absolute Gasteiger partial charge is 0.369 e. The van der Waals surface area contributed by atoms with Crippen LogP contribution in [0.5, 0.6) is 0 Å². The van der Waals surface area contributed by atoms with Crippen molar-refractivity contribution in [3.8, 4) is 0 Å². The van der Waals surface area contributed by atoms with Gasteiger partial charge in [-0.05, 0) is 32.9 Å². The highest BCUT2D eigenvalue weighted by Gasteiger charge is 2.38. The molecule has 1 aliphatic heterocycles. The third-order valence-corrected chi connectivity index (χ3v) is 3.25. The second-order valence-corrected chi connectivity index (χ2v) is 4.10. The molecule has 3 N–H and O–H groups in total. The molecule has 1 saturated heterocycles. The van der Waals surface area contributed by atoms with Crippen molar-refractivity contribution in [3.63, 3.8) is 0 Å². The van der Waals surface area contributed by atoms with Crippen LogP contribution < -0.4 is 11.1 Å². The lowest BCUT2D eigenvalue weighted by Crippen LogP contribution is -2.52. The molecule has 1 rings (SSSR count). The number of nitrogens with zero attached hydrogens (tertiary/aromatic N) is 1. The maximum absolute atomic E-state index is 10.9. The second kappa shape index (κ2) is 4.75. The van der Waals surface area contributed by atoms with E-state index in [1.165, 1.54) is 6.42 Å². The molecule has 4 nitrogen and oxygen atoms in total. The molecule has 1 unspecified atom stereocenters. The molecule has 0 spiro atoms. The highest BCUT2D eigenvalue weighted by atomic mass is 16.1. The van der Waals surface area contributed by atoms with Gasteiger partial charge >= 0.3 is 0 Å². The number of rotatable bonds is 5. The third-order valence-electron chi connectivity index (χ3n) is 3.25. The van der Waals surface area contributed by atoms with E-state index in [1.807, 2.05) is 7.05 Å². The summed E-state index contributed by atoms with van der Waals surface area (Å²) in [5, 5.41) is 3.21. The Hall–Kier alpha value is -0.610. The van der Waals surface area contributed by atoms with Gasteiger partial charge in [-0.2, -0.15) is 0 Å². The zero-order valence-electron chi connectivity index (χ0n) is 9.18. The molecule has 0 bridgehead atoms. The van der Waals surface area contributed by atoms with Gasteiger partial charge in [0.1, 0.15) is 0 Å². The Labute approximate surface area is 85.8 Å². The van der Waals surface area contributed by atoms with Crippen molar-refractivity contribution in [1.29, 1.82) is 0 Å². The first-order valence-corrected chi connectivity index (χ1v) is 5.32. The van der Waals surface area contributed by atoms with Gasteiger partial charge in [0.25, 0.3) is 0 Å². The fraction of sp³-hybridized carbons (Fsp3) is 0.900. The molecule has 0 saturated carbocycles. The van der Waals surface area contributed by atoms with E-state index in [0.29, 0.717) is 6.54 Å². The van der Waals surface area contributed by atoms with Crippen molar-refractivity contribution in [2.45, 2.75) is 31.7 Å². The first-order chi connectivity index (χ1) is 6.64. The molecule has 0 radical (unpaired) electrons. The minimum Gasteiger partial charge on any atom is -0.369 e. The molecule has 1 fully saturated rings. The van der Waals surface area contributed by atoms with Crippen LogP contribution in [0.2, 0.25) is 0 Å². The summed E-state index contributed by atoms with van der Waals surface area (Å²) in [5.41, 5.74) is 5.40. The number of carbonyl (C=O) groups excluding carboxylic acids is 1. The van der Waals surface area contributed by atoms with E-state index >= 15 is 0 Å². The van der Waals surface area contributed by atoms with Gasteiger partial charge in [-0.3, -0.25) is 9.69 Å². The average Bonchev–Trinajstić information content (AvgIpc) is 2.49. The highest BCUT2D eigenvalue weighted by Crippen LogP contribution is 2.31. The fourth-order valence-corrected chi connectivity index (χ4v) is 2.48. The molecule has 0 aromatic carbocycles. The van der Waals surface area contributed by atoms with E-state index < -0.39 is 0 Å². The number of nitrogens with one attached hydrogen (secondary N) is 1. The van der Waals surface area contributed by atoms with Crippen molar-refractivity contribution < 1.29 is 4.79 Å². The van der Waals surface area contributed by atoms with Gasteiger partial charge in [0.2, 0.25) is 5.91 Å². The fourth-order valence-electron chi connectivity index (χ4n) is 2.48. The Morgan fingerprint density at radius 3 is 2.86 bits per heavy atom. The zero-order chi connectivity index (χ0) is 10.6. The summed E-state index contributed by atoms with van der Waals surface area (Å²) < 4.78 is 0. The Bertz CT molecular complexity index is 208. The van der Waals surface area contributed by atoms with Crippen LogP contribution in [0.1, 0.15) is 26.2 Å². The van der Waals surface area contributed by atoms with Crippen LogP contribution in [-0.2, 0) is 4.79 Å². The Balaban J connectivity index is 2.66. The van der Waals surface area contributed by atoms with E-state index in [4.69, 9.17) is 5.73 Å². The summed E-state index contributed by atoms with van der Waals surface area (Å²) in [5.74, 6) is -0.221. The maximum atomic E-state index is 10.9. The summed E-state index contributed by atoms with van der Waals surface area (Å²) in [6, 6.07) is 0. The van der Waals surface area contributed by atoms with E-state index in [-0.39, 0.29) is 11.4 Å². The monoisotopic (exact) mass is 199 g/mol. The van der Waals surface area contributed by atoms with E-state index in [0.717, 1.165) is 25.9 Å². The van der Waals surface area contributed by atoms with Crippen LogP contribution in [-0.4, -0.2) is 43.0 Å². The number of amides is 1. The smallest absolute Gasteiger partial charge is 0.231 e. The van der Waals surface area contributed by atoms with Crippen molar-refractivity contribution >= 4 is 5.91 Å². The molecule has 1 amide bonds. The van der Waals surface area contributed by atoms with Crippen molar-refractivity contribution in [2.75, 3.05) is 26.7 Å². The topological polar surface area (TPSA) is 58.4 Å². The molecule has 82 valence electrons. The zero-order valence-corrected chi connectivity index (χ0v) is 9.18. The number of primary amides is 1. The van der Waals surface area contributed by atoms with Gasteiger partial charge in [-0.15, -0.1) is 0 Å². The van der Waals surface area contributed by atoms with Crippen LogP contribution >= 0.6 is 0 Å². The van der Waals surface area contributed by atoms with Crippen molar-refractivity contribution in [2.24, 2.45) is 5.73 Å². The molecule has 0 aliphatic carbocycles. The minimum absolute atomic E-state index is 0.157. The van der Waals surface area contributed by atoms with Crippen molar-refractivity contribution in [3.05, 3.63) is 0 Å². The van der Waals surface area contributed by atoms with Gasteiger partial charge < -0.3 is 11.1 Å². The minimum atomic E-state index is -0.221.